The molecule has 8 heteroatoms. The number of nitrogens with one attached hydrogen (secondary N) is 1. The molecule has 5 rings (SSSR count). The summed E-state index contributed by atoms with van der Waals surface area (Å²) in [5.41, 5.74) is 3.70. The molecule has 3 heterocycles. The molecule has 1 N–H and O–H groups in total. The maximum Gasteiger partial charge on any atom is 0.264 e. The van der Waals surface area contributed by atoms with Gasteiger partial charge in [0.05, 0.1) is 11.4 Å². The Kier molecular flexibility index (Phi) is 6.53. The molecule has 0 radical (unpaired) electrons. The molecular formula is C25H27ClN4O2S. The van der Waals surface area contributed by atoms with Crippen molar-refractivity contribution in [2.75, 3.05) is 43.5 Å². The van der Waals surface area contributed by atoms with E-state index in [1.165, 1.54) is 5.56 Å². The van der Waals surface area contributed by atoms with Crippen LogP contribution in [0.2, 0.25) is 5.02 Å². The van der Waals surface area contributed by atoms with Gasteiger partial charge < -0.3 is 19.9 Å². The van der Waals surface area contributed by atoms with E-state index in [0.717, 1.165) is 55.3 Å². The Morgan fingerprint density at radius 3 is 2.79 bits per heavy atom. The Hall–Kier alpha value is -2.61. The summed E-state index contributed by atoms with van der Waals surface area (Å²) in [6.45, 7) is 3.32. The predicted octanol–water partition coefficient (Wildman–Crippen LogP) is 4.94. The van der Waals surface area contributed by atoms with Crippen LogP contribution in [0.4, 0.5) is 10.8 Å². The van der Waals surface area contributed by atoms with Crippen molar-refractivity contribution in [2.24, 2.45) is 0 Å². The van der Waals surface area contributed by atoms with Gasteiger partial charge in [-0.15, -0.1) is 11.3 Å². The number of hydrogen-bond acceptors (Lipinski definition) is 6. The summed E-state index contributed by atoms with van der Waals surface area (Å²) in [6, 6.07) is 14.7. The molecule has 2 aliphatic heterocycles. The van der Waals surface area contributed by atoms with E-state index in [2.05, 4.69) is 40.5 Å². The fraction of sp³-hybridized carbons (Fsp3) is 0.360. The minimum atomic E-state index is -0.0912. The number of benzene rings is 2. The molecule has 1 amide bonds. The summed E-state index contributed by atoms with van der Waals surface area (Å²) in [7, 11) is 1.74. The summed E-state index contributed by atoms with van der Waals surface area (Å²) in [5.74, 6) is 0.566. The number of piperidine rings is 1. The number of likely N-dealkylation sites (tertiary alicyclic amines) is 1. The first-order valence-electron chi connectivity index (χ1n) is 11.3. The van der Waals surface area contributed by atoms with Gasteiger partial charge in [-0.3, -0.25) is 4.79 Å². The molecule has 1 saturated heterocycles. The third-order valence-electron chi connectivity index (χ3n) is 6.36. The molecule has 0 aliphatic carbocycles. The van der Waals surface area contributed by atoms with Crippen LogP contribution < -0.4 is 15.0 Å². The Morgan fingerprint density at radius 1 is 1.21 bits per heavy atom. The SMILES string of the molecule is CN1C(=O)COc2c(-c3csc(NC4CCN(CCc5ccccc5)CC4)n3)cc(Cl)cc21. The van der Waals surface area contributed by atoms with Crippen LogP contribution in [-0.2, 0) is 11.2 Å². The highest BCUT2D eigenvalue weighted by Gasteiger charge is 2.27. The average molecular weight is 483 g/mol. The molecule has 0 bridgehead atoms. The van der Waals surface area contributed by atoms with Gasteiger partial charge in [0.15, 0.2) is 17.5 Å². The molecule has 0 atom stereocenters. The van der Waals surface area contributed by atoms with E-state index in [9.17, 15) is 4.79 Å². The first-order chi connectivity index (χ1) is 16.1. The minimum Gasteiger partial charge on any atom is -0.481 e. The van der Waals surface area contributed by atoms with Crippen LogP contribution >= 0.6 is 22.9 Å². The zero-order valence-electron chi connectivity index (χ0n) is 18.6. The number of halogens is 1. The zero-order valence-corrected chi connectivity index (χ0v) is 20.2. The number of aromatic nitrogens is 1. The molecule has 6 nitrogen and oxygen atoms in total. The monoisotopic (exact) mass is 482 g/mol. The van der Waals surface area contributed by atoms with Crippen LogP contribution in [0.3, 0.4) is 0 Å². The highest BCUT2D eigenvalue weighted by Crippen LogP contribution is 2.43. The molecule has 2 aliphatic rings. The number of likely N-dealkylation sites (N-methyl/N-ethyl adjacent to an activating group) is 1. The predicted molar refractivity (Wildman–Crippen MR) is 135 cm³/mol. The van der Waals surface area contributed by atoms with Gasteiger partial charge in [0, 0.05) is 48.7 Å². The maximum atomic E-state index is 12.0. The Balaban J connectivity index is 1.20. The van der Waals surface area contributed by atoms with Crippen molar-refractivity contribution in [3.63, 3.8) is 0 Å². The van der Waals surface area contributed by atoms with E-state index in [-0.39, 0.29) is 12.5 Å². The summed E-state index contributed by atoms with van der Waals surface area (Å²) >= 11 is 7.94. The Bertz CT molecular complexity index is 1130. The van der Waals surface area contributed by atoms with Crippen LogP contribution in [0, 0.1) is 0 Å². The average Bonchev–Trinajstić information content (AvgIpc) is 3.30. The van der Waals surface area contributed by atoms with Crippen LogP contribution in [0.25, 0.3) is 11.3 Å². The normalized spacial score (nSPS) is 17.0. The second kappa shape index (κ2) is 9.71. The first-order valence-corrected chi connectivity index (χ1v) is 12.5. The van der Waals surface area contributed by atoms with Crippen molar-refractivity contribution in [3.05, 3.63) is 58.4 Å². The number of nitrogens with zero attached hydrogens (tertiary/aromatic N) is 3. The van der Waals surface area contributed by atoms with E-state index in [1.54, 1.807) is 29.4 Å². The summed E-state index contributed by atoms with van der Waals surface area (Å²) in [4.78, 5) is 21.0. The van der Waals surface area contributed by atoms with Crippen molar-refractivity contribution in [3.8, 4) is 17.0 Å². The van der Waals surface area contributed by atoms with E-state index < -0.39 is 0 Å². The van der Waals surface area contributed by atoms with Gasteiger partial charge in [-0.25, -0.2) is 4.98 Å². The van der Waals surface area contributed by atoms with Gasteiger partial charge in [0.1, 0.15) is 0 Å². The number of ether oxygens (including phenoxy) is 1. The lowest BCUT2D eigenvalue weighted by Gasteiger charge is -2.32. The molecule has 3 aromatic rings. The van der Waals surface area contributed by atoms with Crippen molar-refractivity contribution < 1.29 is 9.53 Å². The molecule has 0 spiro atoms. The smallest absolute Gasteiger partial charge is 0.264 e. The van der Waals surface area contributed by atoms with Crippen LogP contribution in [-0.4, -0.2) is 55.1 Å². The van der Waals surface area contributed by atoms with E-state index >= 15 is 0 Å². The Morgan fingerprint density at radius 2 is 2.00 bits per heavy atom. The van der Waals surface area contributed by atoms with Gasteiger partial charge in [-0.05, 0) is 37.0 Å². The summed E-state index contributed by atoms with van der Waals surface area (Å²) in [5, 5.41) is 7.09. The lowest BCUT2D eigenvalue weighted by Crippen LogP contribution is -2.40. The minimum absolute atomic E-state index is 0.0240. The molecule has 0 saturated carbocycles. The van der Waals surface area contributed by atoms with Gasteiger partial charge >= 0.3 is 0 Å². The van der Waals surface area contributed by atoms with Crippen molar-refractivity contribution in [1.82, 2.24) is 9.88 Å². The fourth-order valence-corrected chi connectivity index (χ4v) is 5.41. The number of amides is 1. The van der Waals surface area contributed by atoms with Gasteiger partial charge in [0.25, 0.3) is 5.91 Å². The van der Waals surface area contributed by atoms with Gasteiger partial charge in [-0.1, -0.05) is 41.9 Å². The van der Waals surface area contributed by atoms with Crippen molar-refractivity contribution >= 4 is 39.7 Å². The lowest BCUT2D eigenvalue weighted by atomic mass is 10.0. The highest BCUT2D eigenvalue weighted by molar-refractivity contribution is 7.14. The number of rotatable bonds is 6. The van der Waals surface area contributed by atoms with E-state index in [4.69, 9.17) is 21.3 Å². The second-order valence-corrected chi connectivity index (χ2v) is 9.87. The van der Waals surface area contributed by atoms with Gasteiger partial charge in [0.2, 0.25) is 0 Å². The Labute approximate surface area is 203 Å². The molecular weight excluding hydrogens is 456 g/mol. The zero-order chi connectivity index (χ0) is 22.8. The molecule has 1 fully saturated rings. The summed E-state index contributed by atoms with van der Waals surface area (Å²) in [6.07, 6.45) is 3.31. The van der Waals surface area contributed by atoms with Crippen molar-refractivity contribution in [1.29, 1.82) is 0 Å². The number of carbonyl (C=O) groups is 1. The molecule has 172 valence electrons. The van der Waals surface area contributed by atoms with Crippen LogP contribution in [0.15, 0.2) is 47.8 Å². The lowest BCUT2D eigenvalue weighted by molar-refractivity contribution is -0.120. The largest absolute Gasteiger partial charge is 0.481 e. The third-order valence-corrected chi connectivity index (χ3v) is 7.36. The number of anilines is 2. The standard InChI is InChI=1S/C25H27ClN4O2S/c1-29-22-14-18(26)13-20(24(22)32-15-23(29)31)21-16-33-25(28-21)27-19-8-11-30(12-9-19)10-7-17-5-3-2-4-6-17/h2-6,13-14,16,19H,7-12,15H2,1H3,(H,27,28). The molecule has 33 heavy (non-hydrogen) atoms. The van der Waals surface area contributed by atoms with E-state index in [0.29, 0.717) is 22.5 Å². The highest BCUT2D eigenvalue weighted by atomic mass is 35.5. The number of thiazole rings is 1. The molecule has 0 unspecified atom stereocenters. The second-order valence-electron chi connectivity index (χ2n) is 8.58. The maximum absolute atomic E-state index is 12.0. The topological polar surface area (TPSA) is 57.7 Å². The van der Waals surface area contributed by atoms with Crippen LogP contribution in [0.5, 0.6) is 5.75 Å². The number of hydrogen-bond donors (Lipinski definition) is 1. The molecule has 1 aromatic heterocycles. The number of fused-ring (bicyclic) bond motifs is 1. The van der Waals surface area contributed by atoms with Crippen LogP contribution in [0.1, 0.15) is 18.4 Å². The van der Waals surface area contributed by atoms with E-state index in [1.807, 2.05) is 11.4 Å². The first kappa shape index (κ1) is 22.2. The number of carbonyl (C=O) groups excluding carboxylic acids is 1. The fourth-order valence-electron chi connectivity index (χ4n) is 4.41. The molecule has 2 aromatic carbocycles. The van der Waals surface area contributed by atoms with Crippen molar-refractivity contribution in [2.45, 2.75) is 25.3 Å². The third kappa shape index (κ3) is 5.00. The summed E-state index contributed by atoms with van der Waals surface area (Å²) < 4.78 is 5.76. The quantitative estimate of drug-likeness (QED) is 0.539. The van der Waals surface area contributed by atoms with Gasteiger partial charge in [-0.2, -0.15) is 0 Å².